The van der Waals surface area contributed by atoms with E-state index in [1.54, 1.807) is 24.3 Å². The molecule has 1 amide bonds. The van der Waals surface area contributed by atoms with Crippen LogP contribution in [0.5, 0.6) is 17.2 Å². The van der Waals surface area contributed by atoms with Gasteiger partial charge in [-0.2, -0.15) is 8.78 Å². The van der Waals surface area contributed by atoms with Gasteiger partial charge in [-0.3, -0.25) is 4.79 Å². The highest BCUT2D eigenvalue weighted by atomic mass is 19.3. The van der Waals surface area contributed by atoms with Gasteiger partial charge in [0.1, 0.15) is 17.2 Å². The molecule has 0 fully saturated rings. The Hall–Kier alpha value is -3.94. The van der Waals surface area contributed by atoms with E-state index < -0.39 is 25.1 Å². The molecule has 0 bridgehead atoms. The summed E-state index contributed by atoms with van der Waals surface area (Å²) in [7, 11) is 0. The van der Waals surface area contributed by atoms with Gasteiger partial charge in [0.2, 0.25) is 0 Å². The molecule has 8 heteroatoms. The first kappa shape index (κ1) is 20.8. The maximum absolute atomic E-state index is 12.1. The topological polar surface area (TPSA) is 73.9 Å². The molecule has 0 spiro atoms. The molecule has 0 saturated carbocycles. The van der Waals surface area contributed by atoms with Crippen molar-refractivity contribution in [3.05, 3.63) is 84.4 Å². The van der Waals surface area contributed by atoms with E-state index >= 15 is 0 Å². The van der Waals surface area contributed by atoms with Crippen molar-refractivity contribution in [3.8, 4) is 17.2 Å². The highest BCUT2D eigenvalue weighted by Gasteiger charge is 2.12. The number of hydrogen-bond donors (Lipinski definition) is 1. The standard InChI is InChI=1S/C22H17F2NO5/c23-22(24)30-19-10-6-15(7-11-19)21(27)28-14-20(26)25-16-8-12-18(13-9-16)29-17-4-2-1-3-5-17/h1-13,22H,14H2,(H,25,26). The van der Waals surface area contributed by atoms with Crippen LogP contribution in [0.3, 0.4) is 0 Å². The Morgan fingerprint density at radius 2 is 1.40 bits per heavy atom. The van der Waals surface area contributed by atoms with Crippen molar-refractivity contribution in [1.82, 2.24) is 0 Å². The number of hydrogen-bond acceptors (Lipinski definition) is 5. The fourth-order valence-corrected chi connectivity index (χ4v) is 2.41. The maximum atomic E-state index is 12.1. The molecule has 3 rings (SSSR count). The number of carbonyl (C=O) groups is 2. The van der Waals surface area contributed by atoms with Crippen LogP contribution in [0.15, 0.2) is 78.9 Å². The third-order valence-corrected chi connectivity index (χ3v) is 3.77. The molecule has 30 heavy (non-hydrogen) atoms. The van der Waals surface area contributed by atoms with Gasteiger partial charge in [-0.25, -0.2) is 4.79 Å². The summed E-state index contributed by atoms with van der Waals surface area (Å²) in [4.78, 5) is 23.9. The third-order valence-electron chi connectivity index (χ3n) is 3.77. The Labute approximate surface area is 171 Å². The fraction of sp³-hybridized carbons (Fsp3) is 0.0909. The van der Waals surface area contributed by atoms with Gasteiger partial charge in [0.25, 0.3) is 5.91 Å². The van der Waals surface area contributed by atoms with Crippen LogP contribution >= 0.6 is 0 Å². The van der Waals surface area contributed by atoms with Crippen molar-refractivity contribution in [2.45, 2.75) is 6.61 Å². The average Bonchev–Trinajstić information content (AvgIpc) is 2.74. The van der Waals surface area contributed by atoms with Gasteiger partial charge in [0.05, 0.1) is 5.56 Å². The highest BCUT2D eigenvalue weighted by Crippen LogP contribution is 2.22. The molecule has 0 aromatic heterocycles. The predicted molar refractivity (Wildman–Crippen MR) is 105 cm³/mol. The molecule has 3 aromatic rings. The van der Waals surface area contributed by atoms with Crippen LogP contribution in [-0.2, 0) is 9.53 Å². The van der Waals surface area contributed by atoms with Gasteiger partial charge >= 0.3 is 12.6 Å². The Balaban J connectivity index is 1.46. The van der Waals surface area contributed by atoms with Gasteiger partial charge in [0.15, 0.2) is 6.61 Å². The number of ether oxygens (including phenoxy) is 3. The summed E-state index contributed by atoms with van der Waals surface area (Å²) in [5.41, 5.74) is 0.608. The Morgan fingerprint density at radius 3 is 2.03 bits per heavy atom. The molecule has 3 aromatic carbocycles. The van der Waals surface area contributed by atoms with E-state index in [1.165, 1.54) is 24.3 Å². The van der Waals surface area contributed by atoms with Crippen LogP contribution in [0.1, 0.15) is 10.4 Å². The molecule has 6 nitrogen and oxygen atoms in total. The zero-order valence-electron chi connectivity index (χ0n) is 15.6. The molecule has 0 aliphatic rings. The number of esters is 1. The normalized spacial score (nSPS) is 10.4. The molecule has 0 unspecified atom stereocenters. The summed E-state index contributed by atoms with van der Waals surface area (Å²) in [5, 5.41) is 2.60. The maximum Gasteiger partial charge on any atom is 0.387 e. The van der Waals surface area contributed by atoms with Crippen LogP contribution in [-0.4, -0.2) is 25.1 Å². The number of para-hydroxylation sites is 1. The van der Waals surface area contributed by atoms with E-state index in [2.05, 4.69) is 10.1 Å². The molecular weight excluding hydrogens is 396 g/mol. The number of anilines is 1. The van der Waals surface area contributed by atoms with Crippen molar-refractivity contribution in [1.29, 1.82) is 0 Å². The molecule has 0 aliphatic heterocycles. The van der Waals surface area contributed by atoms with E-state index in [-0.39, 0.29) is 11.3 Å². The van der Waals surface area contributed by atoms with Gasteiger partial charge in [-0.05, 0) is 60.7 Å². The lowest BCUT2D eigenvalue weighted by Crippen LogP contribution is -2.20. The summed E-state index contributed by atoms with van der Waals surface area (Å²) < 4.78 is 39.0. The summed E-state index contributed by atoms with van der Waals surface area (Å²) in [6, 6.07) is 20.9. The van der Waals surface area contributed by atoms with Gasteiger partial charge in [-0.15, -0.1) is 0 Å². The second-order valence-electron chi connectivity index (χ2n) is 5.97. The van der Waals surface area contributed by atoms with Crippen molar-refractivity contribution < 1.29 is 32.6 Å². The zero-order valence-corrected chi connectivity index (χ0v) is 15.6. The lowest BCUT2D eigenvalue weighted by molar-refractivity contribution is -0.119. The number of rotatable bonds is 8. The quantitative estimate of drug-likeness (QED) is 0.533. The van der Waals surface area contributed by atoms with E-state index in [0.717, 1.165) is 0 Å². The Bertz CT molecular complexity index is 977. The third kappa shape index (κ3) is 6.30. The van der Waals surface area contributed by atoms with Crippen LogP contribution in [0.4, 0.5) is 14.5 Å². The number of nitrogens with one attached hydrogen (secondary N) is 1. The summed E-state index contributed by atoms with van der Waals surface area (Å²) in [6.45, 7) is -3.46. The Morgan fingerprint density at radius 1 is 0.800 bits per heavy atom. The molecule has 0 atom stereocenters. The van der Waals surface area contributed by atoms with Crippen molar-refractivity contribution in [2.24, 2.45) is 0 Å². The SMILES string of the molecule is O=C(COC(=O)c1ccc(OC(F)F)cc1)Nc1ccc(Oc2ccccc2)cc1. The average molecular weight is 413 g/mol. The fourth-order valence-electron chi connectivity index (χ4n) is 2.41. The molecule has 0 saturated heterocycles. The largest absolute Gasteiger partial charge is 0.457 e. The van der Waals surface area contributed by atoms with Gasteiger partial charge in [-0.1, -0.05) is 18.2 Å². The molecule has 0 heterocycles. The number of halogens is 2. The second kappa shape index (κ2) is 10.0. The number of amides is 1. The summed E-state index contributed by atoms with van der Waals surface area (Å²) in [5.74, 6) is -0.0861. The zero-order chi connectivity index (χ0) is 21.3. The van der Waals surface area contributed by atoms with Crippen molar-refractivity contribution in [3.63, 3.8) is 0 Å². The monoisotopic (exact) mass is 413 g/mol. The van der Waals surface area contributed by atoms with E-state index in [1.807, 2.05) is 30.3 Å². The molecule has 154 valence electrons. The number of alkyl halides is 2. The van der Waals surface area contributed by atoms with Crippen LogP contribution < -0.4 is 14.8 Å². The second-order valence-corrected chi connectivity index (χ2v) is 5.97. The predicted octanol–water partition coefficient (Wildman–Crippen LogP) is 4.88. The van der Waals surface area contributed by atoms with Crippen LogP contribution in [0, 0.1) is 0 Å². The van der Waals surface area contributed by atoms with Gasteiger partial charge < -0.3 is 19.5 Å². The lowest BCUT2D eigenvalue weighted by atomic mass is 10.2. The molecule has 0 radical (unpaired) electrons. The van der Waals surface area contributed by atoms with Crippen molar-refractivity contribution >= 4 is 17.6 Å². The van der Waals surface area contributed by atoms with Crippen molar-refractivity contribution in [2.75, 3.05) is 11.9 Å². The lowest BCUT2D eigenvalue weighted by Gasteiger charge is -2.09. The summed E-state index contributed by atoms with van der Waals surface area (Å²) >= 11 is 0. The van der Waals surface area contributed by atoms with E-state index in [9.17, 15) is 18.4 Å². The minimum absolute atomic E-state index is 0.0843. The van der Waals surface area contributed by atoms with Crippen LogP contribution in [0.25, 0.3) is 0 Å². The van der Waals surface area contributed by atoms with Crippen LogP contribution in [0.2, 0.25) is 0 Å². The minimum atomic E-state index is -2.95. The first-order chi connectivity index (χ1) is 14.5. The van der Waals surface area contributed by atoms with Gasteiger partial charge in [0, 0.05) is 5.69 Å². The highest BCUT2D eigenvalue weighted by molar-refractivity contribution is 5.95. The molecule has 0 aliphatic carbocycles. The summed E-state index contributed by atoms with van der Waals surface area (Å²) in [6.07, 6.45) is 0. The Kier molecular flexibility index (Phi) is 6.94. The first-order valence-electron chi connectivity index (χ1n) is 8.84. The smallest absolute Gasteiger partial charge is 0.387 e. The number of carbonyl (C=O) groups excluding carboxylic acids is 2. The molecular formula is C22H17F2NO5. The van der Waals surface area contributed by atoms with E-state index in [0.29, 0.717) is 17.2 Å². The molecule has 1 N–H and O–H groups in total. The first-order valence-corrected chi connectivity index (χ1v) is 8.84. The number of benzene rings is 3. The minimum Gasteiger partial charge on any atom is -0.457 e. The van der Waals surface area contributed by atoms with E-state index in [4.69, 9.17) is 9.47 Å².